The summed E-state index contributed by atoms with van der Waals surface area (Å²) in [5.74, 6) is 0.423. The SMILES string of the molecule is O=S(=O)(NC1=NCCC1)c1cccc(NS(=O)(=O)c2ccc3ccccc3c2)c1. The van der Waals surface area contributed by atoms with E-state index in [0.717, 1.165) is 17.2 Å². The first-order valence-corrected chi connectivity index (χ1v) is 12.0. The Hall–Kier alpha value is -2.91. The van der Waals surface area contributed by atoms with Crippen LogP contribution in [0.25, 0.3) is 10.8 Å². The van der Waals surface area contributed by atoms with Crippen LogP contribution in [-0.4, -0.2) is 29.2 Å². The average molecular weight is 430 g/mol. The number of fused-ring (bicyclic) bond motifs is 1. The second-order valence-electron chi connectivity index (χ2n) is 6.68. The molecular formula is C20H19N3O4S2. The van der Waals surface area contributed by atoms with Gasteiger partial charge >= 0.3 is 0 Å². The van der Waals surface area contributed by atoms with E-state index >= 15 is 0 Å². The smallest absolute Gasteiger partial charge is 0.262 e. The monoisotopic (exact) mass is 429 g/mol. The lowest BCUT2D eigenvalue weighted by atomic mass is 10.1. The fraction of sp³-hybridized carbons (Fsp3) is 0.150. The molecule has 4 rings (SSSR count). The third-order valence-corrected chi connectivity index (χ3v) is 7.31. The van der Waals surface area contributed by atoms with Crippen LogP contribution >= 0.6 is 0 Å². The lowest BCUT2D eigenvalue weighted by molar-refractivity contribution is 0.591. The van der Waals surface area contributed by atoms with Gasteiger partial charge in [0.15, 0.2) is 0 Å². The Morgan fingerprint density at radius 1 is 0.724 bits per heavy atom. The summed E-state index contributed by atoms with van der Waals surface area (Å²) in [6.07, 6.45) is 1.39. The van der Waals surface area contributed by atoms with E-state index in [0.29, 0.717) is 18.8 Å². The lowest BCUT2D eigenvalue weighted by Gasteiger charge is -2.11. The van der Waals surface area contributed by atoms with Gasteiger partial charge in [0.2, 0.25) is 0 Å². The number of sulfonamides is 2. The van der Waals surface area contributed by atoms with Gasteiger partial charge in [-0.05, 0) is 47.5 Å². The topological polar surface area (TPSA) is 105 Å². The zero-order valence-corrected chi connectivity index (χ0v) is 17.0. The van der Waals surface area contributed by atoms with Crippen LogP contribution in [0.15, 0.2) is 81.5 Å². The number of nitrogens with zero attached hydrogens (tertiary/aromatic N) is 1. The zero-order chi connectivity index (χ0) is 20.5. The first kappa shape index (κ1) is 19.4. The van der Waals surface area contributed by atoms with E-state index in [1.165, 1.54) is 30.3 Å². The summed E-state index contributed by atoms with van der Waals surface area (Å²) < 4.78 is 55.6. The molecule has 0 atom stereocenters. The Bertz CT molecular complexity index is 1320. The van der Waals surface area contributed by atoms with Gasteiger partial charge in [-0.1, -0.05) is 36.4 Å². The molecule has 1 aliphatic heterocycles. The number of rotatable bonds is 5. The maximum Gasteiger partial charge on any atom is 0.262 e. The van der Waals surface area contributed by atoms with Crippen LogP contribution in [0.5, 0.6) is 0 Å². The second kappa shape index (κ2) is 7.49. The minimum Gasteiger partial charge on any atom is -0.280 e. The summed E-state index contributed by atoms with van der Waals surface area (Å²) in [6, 6.07) is 18.0. The molecule has 0 radical (unpaired) electrons. The van der Waals surface area contributed by atoms with Gasteiger partial charge < -0.3 is 0 Å². The van der Waals surface area contributed by atoms with Crippen LogP contribution in [0.1, 0.15) is 12.8 Å². The minimum absolute atomic E-state index is 0.0363. The molecule has 0 unspecified atom stereocenters. The van der Waals surface area contributed by atoms with Gasteiger partial charge in [-0.3, -0.25) is 14.4 Å². The van der Waals surface area contributed by atoms with Crippen LogP contribution in [-0.2, 0) is 20.0 Å². The standard InChI is InChI=1S/C20H19N3O4S2/c24-28(25,19-11-10-15-5-1-2-6-16(15)13-19)22-17-7-3-8-18(14-17)29(26,27)23-20-9-4-12-21-20/h1-3,5-8,10-11,13-14,22H,4,9,12H2,(H,21,23). The maximum absolute atomic E-state index is 12.8. The van der Waals surface area contributed by atoms with Crippen molar-refractivity contribution in [3.63, 3.8) is 0 Å². The summed E-state index contributed by atoms with van der Waals surface area (Å²) in [5.41, 5.74) is 0.161. The Labute approximate surface area is 169 Å². The van der Waals surface area contributed by atoms with Crippen LogP contribution in [0.2, 0.25) is 0 Å². The number of nitrogens with one attached hydrogen (secondary N) is 2. The molecule has 0 saturated carbocycles. The van der Waals surface area contributed by atoms with Gasteiger partial charge in [0, 0.05) is 13.0 Å². The van der Waals surface area contributed by atoms with E-state index in [9.17, 15) is 16.8 Å². The van der Waals surface area contributed by atoms with Crippen LogP contribution < -0.4 is 9.44 Å². The van der Waals surface area contributed by atoms with Gasteiger partial charge in [-0.2, -0.15) is 0 Å². The van der Waals surface area contributed by atoms with Gasteiger partial charge in [0.25, 0.3) is 20.0 Å². The van der Waals surface area contributed by atoms with Crippen molar-refractivity contribution in [1.82, 2.24) is 4.72 Å². The fourth-order valence-corrected chi connectivity index (χ4v) is 5.33. The number of anilines is 1. The van der Waals surface area contributed by atoms with E-state index in [4.69, 9.17) is 0 Å². The van der Waals surface area contributed by atoms with E-state index in [2.05, 4.69) is 14.4 Å². The molecule has 3 aromatic rings. The van der Waals surface area contributed by atoms with Gasteiger partial charge in [-0.25, -0.2) is 16.8 Å². The van der Waals surface area contributed by atoms with E-state index in [-0.39, 0.29) is 15.5 Å². The van der Waals surface area contributed by atoms with Crippen molar-refractivity contribution in [2.45, 2.75) is 22.6 Å². The first-order chi connectivity index (χ1) is 13.8. The van der Waals surface area contributed by atoms with E-state index < -0.39 is 20.0 Å². The van der Waals surface area contributed by atoms with Crippen LogP contribution in [0.3, 0.4) is 0 Å². The van der Waals surface area contributed by atoms with Crippen molar-refractivity contribution in [3.05, 3.63) is 66.7 Å². The number of amidine groups is 1. The molecule has 29 heavy (non-hydrogen) atoms. The predicted octanol–water partition coefficient (Wildman–Crippen LogP) is 3.11. The highest BCUT2D eigenvalue weighted by atomic mass is 32.2. The molecular weight excluding hydrogens is 410 g/mol. The molecule has 7 nitrogen and oxygen atoms in total. The van der Waals surface area contributed by atoms with E-state index in [1.807, 2.05) is 24.3 Å². The largest absolute Gasteiger partial charge is 0.280 e. The Morgan fingerprint density at radius 2 is 1.45 bits per heavy atom. The maximum atomic E-state index is 12.8. The lowest BCUT2D eigenvalue weighted by Crippen LogP contribution is -2.29. The number of benzene rings is 3. The molecule has 1 heterocycles. The number of aliphatic imine (C=N–C) groups is 1. The first-order valence-electron chi connectivity index (χ1n) is 9.01. The summed E-state index contributed by atoms with van der Waals surface area (Å²) in [7, 11) is -7.71. The van der Waals surface area contributed by atoms with Crippen LogP contribution in [0.4, 0.5) is 5.69 Å². The Balaban J connectivity index is 1.60. The van der Waals surface area contributed by atoms with Crippen molar-refractivity contribution in [1.29, 1.82) is 0 Å². The van der Waals surface area contributed by atoms with Crippen molar-refractivity contribution < 1.29 is 16.8 Å². The summed E-state index contributed by atoms with van der Waals surface area (Å²) in [4.78, 5) is 4.17. The molecule has 0 bridgehead atoms. The molecule has 3 aromatic carbocycles. The molecule has 0 aromatic heterocycles. The minimum atomic E-state index is -3.88. The summed E-state index contributed by atoms with van der Waals surface area (Å²) in [6.45, 7) is 0.601. The Morgan fingerprint density at radius 3 is 2.21 bits per heavy atom. The highest BCUT2D eigenvalue weighted by Gasteiger charge is 2.20. The van der Waals surface area contributed by atoms with Gasteiger partial charge in [0.05, 0.1) is 15.5 Å². The molecule has 0 aliphatic carbocycles. The zero-order valence-electron chi connectivity index (χ0n) is 15.4. The normalized spacial score (nSPS) is 14.6. The molecule has 0 fully saturated rings. The molecule has 0 spiro atoms. The molecule has 2 N–H and O–H groups in total. The third-order valence-electron chi connectivity index (χ3n) is 4.55. The van der Waals surface area contributed by atoms with E-state index in [1.54, 1.807) is 12.1 Å². The number of hydrogen-bond donors (Lipinski definition) is 2. The van der Waals surface area contributed by atoms with Gasteiger partial charge in [-0.15, -0.1) is 0 Å². The van der Waals surface area contributed by atoms with Crippen molar-refractivity contribution in [3.8, 4) is 0 Å². The molecule has 9 heteroatoms. The molecule has 1 aliphatic rings. The molecule has 150 valence electrons. The predicted molar refractivity (Wildman–Crippen MR) is 113 cm³/mol. The van der Waals surface area contributed by atoms with Crippen molar-refractivity contribution in [2.24, 2.45) is 4.99 Å². The molecule has 0 amide bonds. The van der Waals surface area contributed by atoms with Crippen molar-refractivity contribution >= 4 is 42.3 Å². The third kappa shape index (κ3) is 4.25. The van der Waals surface area contributed by atoms with Gasteiger partial charge in [0.1, 0.15) is 5.84 Å². The second-order valence-corrected chi connectivity index (χ2v) is 10.0. The quantitative estimate of drug-likeness (QED) is 0.650. The molecule has 0 saturated heterocycles. The summed E-state index contributed by atoms with van der Waals surface area (Å²) >= 11 is 0. The fourth-order valence-electron chi connectivity index (χ4n) is 3.11. The van der Waals surface area contributed by atoms with Crippen molar-refractivity contribution in [2.75, 3.05) is 11.3 Å². The Kier molecular flexibility index (Phi) is 5.01. The highest BCUT2D eigenvalue weighted by molar-refractivity contribution is 7.92. The average Bonchev–Trinajstić information content (AvgIpc) is 3.20. The van der Waals surface area contributed by atoms with Crippen LogP contribution in [0, 0.1) is 0 Å². The number of hydrogen-bond acceptors (Lipinski definition) is 5. The summed E-state index contributed by atoms with van der Waals surface area (Å²) in [5, 5.41) is 1.73. The highest BCUT2D eigenvalue weighted by Crippen LogP contribution is 2.23.